The number of para-hydroxylation sites is 1. The highest BCUT2D eigenvalue weighted by Gasteiger charge is 2.59. The maximum absolute atomic E-state index is 13.4. The zero-order valence-corrected chi connectivity index (χ0v) is 18.8. The summed E-state index contributed by atoms with van der Waals surface area (Å²) in [6.45, 7) is 0. The quantitative estimate of drug-likeness (QED) is 0.385. The van der Waals surface area contributed by atoms with Gasteiger partial charge in [-0.1, -0.05) is 36.4 Å². The molecule has 1 saturated carbocycles. The Morgan fingerprint density at radius 1 is 0.972 bits per heavy atom. The van der Waals surface area contributed by atoms with Crippen molar-refractivity contribution in [2.75, 3.05) is 4.90 Å². The molecule has 2 amide bonds. The maximum atomic E-state index is 13.4. The number of carbonyl (C=O) groups is 3. The Labute approximate surface area is 204 Å². The number of carboxylic acids is 1. The molecule has 5 unspecified atom stereocenters. The number of nitrogens with zero attached hydrogens (tertiary/aromatic N) is 2. The van der Waals surface area contributed by atoms with Gasteiger partial charge in [-0.2, -0.15) is 0 Å². The van der Waals surface area contributed by atoms with Gasteiger partial charge in [0.2, 0.25) is 11.8 Å². The average molecular weight is 480 g/mol. The second-order valence-corrected chi connectivity index (χ2v) is 9.83. The van der Waals surface area contributed by atoms with Gasteiger partial charge in [0.05, 0.1) is 39.9 Å². The summed E-state index contributed by atoms with van der Waals surface area (Å²) in [6, 6.07) is 12.8. The molecule has 5 atom stereocenters. The number of anilines is 1. The third kappa shape index (κ3) is 2.62. The number of carboxylic acid groups (broad SMARTS) is 1. The summed E-state index contributed by atoms with van der Waals surface area (Å²) in [5.41, 5.74) is 1.81. The number of amides is 2. The molecule has 4 aliphatic rings. The molecule has 2 fully saturated rings. The predicted molar refractivity (Wildman–Crippen MR) is 130 cm³/mol. The Morgan fingerprint density at radius 3 is 2.39 bits per heavy atom. The Balaban J connectivity index is 1.33. The van der Waals surface area contributed by atoms with Crippen molar-refractivity contribution in [3.63, 3.8) is 0 Å². The largest absolute Gasteiger partial charge is 0.507 e. The fraction of sp³-hybridized carbons (Fsp3) is 0.214. The second-order valence-electron chi connectivity index (χ2n) is 9.83. The average Bonchev–Trinajstić information content (AvgIpc) is 3.61. The Bertz CT molecular complexity index is 1570. The predicted octanol–water partition coefficient (Wildman–Crippen LogP) is 3.72. The van der Waals surface area contributed by atoms with Gasteiger partial charge in [-0.25, -0.2) is 14.7 Å². The van der Waals surface area contributed by atoms with Gasteiger partial charge >= 0.3 is 5.97 Å². The van der Waals surface area contributed by atoms with Crippen molar-refractivity contribution in [3.05, 3.63) is 83.1 Å². The summed E-state index contributed by atoms with van der Waals surface area (Å²) < 4.78 is 0. The van der Waals surface area contributed by atoms with Gasteiger partial charge in [-0.15, -0.1) is 0 Å². The van der Waals surface area contributed by atoms with E-state index in [-0.39, 0.29) is 63.6 Å². The number of hydrogen-bond donors (Lipinski definition) is 3. The minimum atomic E-state index is -1.28. The first-order valence-corrected chi connectivity index (χ1v) is 11.8. The van der Waals surface area contributed by atoms with Gasteiger partial charge in [0, 0.05) is 10.9 Å². The van der Waals surface area contributed by atoms with Crippen LogP contribution in [0.2, 0.25) is 0 Å². The molecule has 2 heterocycles. The molecule has 8 heteroatoms. The monoisotopic (exact) mass is 480 g/mol. The van der Waals surface area contributed by atoms with E-state index in [4.69, 9.17) is 4.98 Å². The molecule has 7 rings (SSSR count). The van der Waals surface area contributed by atoms with Crippen LogP contribution in [-0.4, -0.2) is 38.1 Å². The molecular formula is C28H20N2O6. The third-order valence-electron chi connectivity index (χ3n) is 8.06. The molecule has 36 heavy (non-hydrogen) atoms. The van der Waals surface area contributed by atoms with Crippen LogP contribution in [0.3, 0.4) is 0 Å². The molecule has 3 aliphatic carbocycles. The van der Waals surface area contributed by atoms with E-state index in [9.17, 15) is 29.7 Å². The molecule has 1 aromatic heterocycles. The fourth-order valence-corrected chi connectivity index (χ4v) is 6.43. The lowest BCUT2D eigenvalue weighted by Gasteiger charge is -2.19. The molecule has 0 spiro atoms. The minimum Gasteiger partial charge on any atom is -0.507 e. The number of fused-ring (bicyclic) bond motifs is 7. The highest BCUT2D eigenvalue weighted by Crippen LogP contribution is 2.53. The lowest BCUT2D eigenvalue weighted by atomic mass is 9.85. The van der Waals surface area contributed by atoms with Crippen molar-refractivity contribution >= 4 is 45.7 Å². The summed E-state index contributed by atoms with van der Waals surface area (Å²) in [5, 5.41) is 31.9. The van der Waals surface area contributed by atoms with Crippen LogP contribution in [0.25, 0.3) is 22.2 Å². The number of allylic oxidation sites excluding steroid dienone is 2. The van der Waals surface area contributed by atoms with Crippen LogP contribution in [0.15, 0.2) is 60.7 Å². The van der Waals surface area contributed by atoms with Gasteiger partial charge in [0.15, 0.2) is 0 Å². The van der Waals surface area contributed by atoms with E-state index < -0.39 is 12.1 Å². The number of pyridine rings is 1. The Hall–Kier alpha value is -4.30. The highest BCUT2D eigenvalue weighted by atomic mass is 16.4. The smallest absolute Gasteiger partial charge is 0.335 e. The van der Waals surface area contributed by atoms with Crippen LogP contribution >= 0.6 is 0 Å². The van der Waals surface area contributed by atoms with Gasteiger partial charge in [-0.05, 0) is 48.1 Å². The van der Waals surface area contributed by atoms with E-state index in [1.807, 2.05) is 18.2 Å². The van der Waals surface area contributed by atoms with Crippen molar-refractivity contribution in [2.24, 2.45) is 23.7 Å². The summed E-state index contributed by atoms with van der Waals surface area (Å²) in [5.74, 6) is -2.25. The van der Waals surface area contributed by atoms with Crippen molar-refractivity contribution in [2.45, 2.75) is 12.5 Å². The summed E-state index contributed by atoms with van der Waals surface area (Å²) >= 11 is 0. The molecular weight excluding hydrogens is 460 g/mol. The summed E-state index contributed by atoms with van der Waals surface area (Å²) in [4.78, 5) is 44.2. The normalized spacial score (nSPS) is 27.9. The van der Waals surface area contributed by atoms with E-state index in [1.165, 1.54) is 23.1 Å². The minimum absolute atomic E-state index is 0.00401. The van der Waals surface area contributed by atoms with Gasteiger partial charge in [0.25, 0.3) is 0 Å². The molecule has 3 N–H and O–H groups in total. The number of aromatic nitrogens is 1. The van der Waals surface area contributed by atoms with Gasteiger partial charge in [-0.3, -0.25) is 9.59 Å². The van der Waals surface area contributed by atoms with Crippen molar-refractivity contribution < 1.29 is 29.7 Å². The van der Waals surface area contributed by atoms with Crippen LogP contribution in [0.4, 0.5) is 5.69 Å². The van der Waals surface area contributed by atoms with E-state index in [0.717, 1.165) is 6.42 Å². The number of hydrogen-bond acceptors (Lipinski definition) is 6. The number of carbonyl (C=O) groups excluding carboxylic acids is 2. The van der Waals surface area contributed by atoms with Crippen LogP contribution in [-0.2, 0) is 9.59 Å². The van der Waals surface area contributed by atoms with Crippen LogP contribution < -0.4 is 4.90 Å². The first-order valence-electron chi connectivity index (χ1n) is 11.8. The number of benzene rings is 2. The summed E-state index contributed by atoms with van der Waals surface area (Å²) in [7, 11) is 0. The summed E-state index contributed by atoms with van der Waals surface area (Å²) in [6.07, 6.45) is 3.65. The maximum Gasteiger partial charge on any atom is 0.335 e. The van der Waals surface area contributed by atoms with Crippen LogP contribution in [0.5, 0.6) is 0 Å². The van der Waals surface area contributed by atoms with Crippen LogP contribution in [0, 0.1) is 23.7 Å². The molecule has 2 aromatic carbocycles. The fourth-order valence-electron chi connectivity index (χ4n) is 6.43. The molecule has 178 valence electrons. The molecule has 2 bridgehead atoms. The first kappa shape index (κ1) is 21.0. The lowest BCUT2D eigenvalue weighted by Crippen LogP contribution is -2.33. The molecule has 8 nitrogen and oxygen atoms in total. The SMILES string of the molecule is O=C(O)c1ccc2c(c1)C(O)C(c1ccc3cccc(N4C(=O)C5C6C=CC(C6)C5C4=O)c3n1)=C2O. The molecule has 0 radical (unpaired) electrons. The molecule has 3 aromatic rings. The third-order valence-corrected chi connectivity index (χ3v) is 8.06. The standard InChI is InChI=1S/C28H20N2O6/c31-24-16-8-6-15(28(35)36)11-17(16)25(32)22(24)18-9-7-12-2-1-3-19(23(12)29-18)30-26(33)20-13-4-5-14(10-13)21(20)27(30)34/h1-9,11,13-14,20-21,25,31-32H,10H2,(H,35,36). The number of rotatable bonds is 3. The van der Waals surface area contributed by atoms with Crippen molar-refractivity contribution in [1.82, 2.24) is 4.98 Å². The lowest BCUT2D eigenvalue weighted by molar-refractivity contribution is -0.123. The highest BCUT2D eigenvalue weighted by molar-refractivity contribution is 6.25. The van der Waals surface area contributed by atoms with E-state index >= 15 is 0 Å². The van der Waals surface area contributed by atoms with E-state index in [2.05, 4.69) is 0 Å². The number of aliphatic hydroxyl groups is 2. The Morgan fingerprint density at radius 2 is 1.69 bits per heavy atom. The van der Waals surface area contributed by atoms with Gasteiger partial charge < -0.3 is 15.3 Å². The number of imide groups is 1. The van der Waals surface area contributed by atoms with Crippen LogP contribution in [0.1, 0.15) is 39.7 Å². The molecule has 1 aliphatic heterocycles. The number of aromatic carboxylic acids is 1. The topological polar surface area (TPSA) is 128 Å². The first-order chi connectivity index (χ1) is 17.3. The van der Waals surface area contributed by atoms with Gasteiger partial charge in [0.1, 0.15) is 11.9 Å². The second kappa shape index (κ2) is 7.11. The van der Waals surface area contributed by atoms with Crippen molar-refractivity contribution in [1.29, 1.82) is 0 Å². The zero-order valence-electron chi connectivity index (χ0n) is 18.8. The molecule has 1 saturated heterocycles. The van der Waals surface area contributed by atoms with E-state index in [1.54, 1.807) is 24.3 Å². The van der Waals surface area contributed by atoms with E-state index in [0.29, 0.717) is 22.2 Å². The Kier molecular flexibility index (Phi) is 4.15. The van der Waals surface area contributed by atoms with Crippen molar-refractivity contribution in [3.8, 4) is 0 Å². The zero-order chi connectivity index (χ0) is 24.9. The number of aliphatic hydroxyl groups excluding tert-OH is 2.